The summed E-state index contributed by atoms with van der Waals surface area (Å²) >= 11 is 0. The van der Waals surface area contributed by atoms with Gasteiger partial charge in [0.15, 0.2) is 0 Å². The average molecular weight is 361 g/mol. The molecule has 0 saturated heterocycles. The maximum atomic E-state index is 10.8. The fourth-order valence-corrected chi connectivity index (χ4v) is 2.81. The summed E-state index contributed by atoms with van der Waals surface area (Å²) in [5, 5.41) is 8.86. The quantitative estimate of drug-likeness (QED) is 0.640. The molecule has 4 heteroatoms. The predicted molar refractivity (Wildman–Crippen MR) is 106 cm³/mol. The summed E-state index contributed by atoms with van der Waals surface area (Å²) in [4.78, 5) is 10.8. The molecule has 4 nitrogen and oxygen atoms in total. The van der Waals surface area contributed by atoms with Crippen molar-refractivity contribution in [2.75, 3.05) is 0 Å². The van der Waals surface area contributed by atoms with Gasteiger partial charge in [0.05, 0.1) is 0 Å². The number of nitrogens with two attached hydrogens (primary N) is 1. The van der Waals surface area contributed by atoms with Crippen molar-refractivity contribution in [3.8, 4) is 5.75 Å². The molecule has 3 aromatic rings. The van der Waals surface area contributed by atoms with E-state index in [0.29, 0.717) is 13.0 Å². The largest absolute Gasteiger partial charge is 0.489 e. The van der Waals surface area contributed by atoms with Crippen LogP contribution in [-0.4, -0.2) is 17.1 Å². The third kappa shape index (κ3) is 5.69. The number of carbonyl (C=O) groups is 1. The number of rotatable bonds is 8. The number of aliphatic carboxylic acids is 1. The smallest absolute Gasteiger partial charge is 0.320 e. The van der Waals surface area contributed by atoms with E-state index in [-0.39, 0.29) is 0 Å². The highest BCUT2D eigenvalue weighted by Crippen LogP contribution is 2.16. The van der Waals surface area contributed by atoms with Gasteiger partial charge in [-0.3, -0.25) is 4.79 Å². The van der Waals surface area contributed by atoms with Gasteiger partial charge in [0.2, 0.25) is 0 Å². The van der Waals surface area contributed by atoms with Crippen LogP contribution in [0.3, 0.4) is 0 Å². The normalized spacial score (nSPS) is 11.7. The summed E-state index contributed by atoms with van der Waals surface area (Å²) < 4.78 is 5.81. The van der Waals surface area contributed by atoms with Crippen LogP contribution in [0.15, 0.2) is 78.9 Å². The molecular formula is C23H23NO3. The van der Waals surface area contributed by atoms with E-state index in [1.54, 1.807) is 0 Å². The molecule has 0 fully saturated rings. The molecule has 0 spiro atoms. The Morgan fingerprint density at radius 3 is 2.00 bits per heavy atom. The van der Waals surface area contributed by atoms with Crippen molar-refractivity contribution >= 4 is 5.97 Å². The van der Waals surface area contributed by atoms with E-state index < -0.39 is 12.0 Å². The first-order valence-electron chi connectivity index (χ1n) is 8.92. The van der Waals surface area contributed by atoms with Gasteiger partial charge in [0, 0.05) is 0 Å². The van der Waals surface area contributed by atoms with Crippen LogP contribution in [-0.2, 0) is 24.2 Å². The van der Waals surface area contributed by atoms with Gasteiger partial charge in [0.25, 0.3) is 0 Å². The van der Waals surface area contributed by atoms with Crippen molar-refractivity contribution in [1.82, 2.24) is 0 Å². The van der Waals surface area contributed by atoms with E-state index in [2.05, 4.69) is 48.5 Å². The van der Waals surface area contributed by atoms with Gasteiger partial charge < -0.3 is 15.6 Å². The lowest BCUT2D eigenvalue weighted by Crippen LogP contribution is -2.32. The molecule has 0 bridgehead atoms. The van der Waals surface area contributed by atoms with E-state index >= 15 is 0 Å². The number of hydrogen-bond donors (Lipinski definition) is 2. The topological polar surface area (TPSA) is 72.5 Å². The van der Waals surface area contributed by atoms with Crippen molar-refractivity contribution < 1.29 is 14.6 Å². The Morgan fingerprint density at radius 2 is 1.37 bits per heavy atom. The van der Waals surface area contributed by atoms with Crippen LogP contribution in [0.4, 0.5) is 0 Å². The molecule has 3 N–H and O–H groups in total. The fraction of sp³-hybridized carbons (Fsp3) is 0.174. The zero-order valence-electron chi connectivity index (χ0n) is 15.0. The molecule has 0 saturated carbocycles. The minimum atomic E-state index is -0.994. The highest BCUT2D eigenvalue weighted by molar-refractivity contribution is 5.73. The Morgan fingerprint density at radius 1 is 0.815 bits per heavy atom. The second-order valence-electron chi connectivity index (χ2n) is 6.56. The monoisotopic (exact) mass is 361 g/mol. The predicted octanol–water partition coefficient (Wildman–Crippen LogP) is 3.81. The van der Waals surface area contributed by atoms with Gasteiger partial charge in [0.1, 0.15) is 18.4 Å². The fourth-order valence-electron chi connectivity index (χ4n) is 2.81. The highest BCUT2D eigenvalue weighted by Gasteiger charge is 2.11. The highest BCUT2D eigenvalue weighted by atomic mass is 16.5. The van der Waals surface area contributed by atoms with Crippen molar-refractivity contribution in [3.05, 3.63) is 101 Å². The number of carboxylic acids is 1. The molecule has 0 aliphatic rings. The first-order valence-corrected chi connectivity index (χ1v) is 8.92. The third-order valence-corrected chi connectivity index (χ3v) is 4.38. The lowest BCUT2D eigenvalue weighted by molar-refractivity contribution is -0.138. The average Bonchev–Trinajstić information content (AvgIpc) is 2.69. The van der Waals surface area contributed by atoms with Gasteiger partial charge in [-0.05, 0) is 47.2 Å². The zero-order chi connectivity index (χ0) is 19.1. The zero-order valence-corrected chi connectivity index (χ0v) is 15.0. The number of benzene rings is 3. The van der Waals surface area contributed by atoms with Gasteiger partial charge >= 0.3 is 5.97 Å². The summed E-state index contributed by atoms with van der Waals surface area (Å²) in [6, 6.07) is 25.3. The Bertz CT molecular complexity index is 858. The molecule has 0 unspecified atom stereocenters. The lowest BCUT2D eigenvalue weighted by atomic mass is 10.0. The molecule has 0 aliphatic heterocycles. The summed E-state index contributed by atoms with van der Waals surface area (Å²) in [6.07, 6.45) is 1.22. The van der Waals surface area contributed by atoms with E-state index in [1.807, 2.05) is 30.3 Å². The van der Waals surface area contributed by atoms with E-state index in [4.69, 9.17) is 15.6 Å². The van der Waals surface area contributed by atoms with Crippen molar-refractivity contribution in [2.45, 2.75) is 25.5 Å². The Hall–Kier alpha value is -3.11. The Kier molecular flexibility index (Phi) is 6.23. The van der Waals surface area contributed by atoms with Gasteiger partial charge in [-0.15, -0.1) is 0 Å². The molecular weight excluding hydrogens is 338 g/mol. The molecule has 0 aromatic heterocycles. The maximum Gasteiger partial charge on any atom is 0.320 e. The summed E-state index contributed by atoms with van der Waals surface area (Å²) in [5.74, 6) is -0.248. The van der Waals surface area contributed by atoms with Crippen LogP contribution in [0.2, 0.25) is 0 Å². The van der Waals surface area contributed by atoms with Crippen LogP contribution < -0.4 is 10.5 Å². The number of carboxylic acid groups (broad SMARTS) is 1. The molecule has 138 valence electrons. The third-order valence-electron chi connectivity index (χ3n) is 4.38. The minimum Gasteiger partial charge on any atom is -0.489 e. The number of ether oxygens (including phenoxy) is 1. The lowest BCUT2D eigenvalue weighted by Gasteiger charge is -2.10. The van der Waals surface area contributed by atoms with E-state index in [1.165, 1.54) is 11.1 Å². The van der Waals surface area contributed by atoms with Crippen LogP contribution >= 0.6 is 0 Å². The van der Waals surface area contributed by atoms with Crippen molar-refractivity contribution in [2.24, 2.45) is 5.73 Å². The molecule has 3 rings (SSSR count). The molecule has 0 heterocycles. The molecule has 1 atom stereocenters. The molecule has 0 radical (unpaired) electrons. The van der Waals surface area contributed by atoms with Gasteiger partial charge in [-0.2, -0.15) is 0 Å². The number of hydrogen-bond acceptors (Lipinski definition) is 3. The van der Waals surface area contributed by atoms with E-state index in [0.717, 1.165) is 23.3 Å². The van der Waals surface area contributed by atoms with Crippen LogP contribution in [0.1, 0.15) is 22.3 Å². The minimum absolute atomic E-state index is 0.304. The second-order valence-corrected chi connectivity index (χ2v) is 6.56. The van der Waals surface area contributed by atoms with Gasteiger partial charge in [-0.25, -0.2) is 0 Å². The van der Waals surface area contributed by atoms with Crippen molar-refractivity contribution in [3.63, 3.8) is 0 Å². The molecule has 3 aromatic carbocycles. The maximum absolute atomic E-state index is 10.8. The van der Waals surface area contributed by atoms with E-state index in [9.17, 15) is 4.79 Å². The Labute approximate surface area is 159 Å². The van der Waals surface area contributed by atoms with Crippen LogP contribution in [0.5, 0.6) is 5.75 Å². The Balaban J connectivity index is 1.51. The second kappa shape index (κ2) is 9.01. The molecule has 27 heavy (non-hydrogen) atoms. The first-order chi connectivity index (χ1) is 13.1. The first kappa shape index (κ1) is 18.7. The van der Waals surface area contributed by atoms with Crippen molar-refractivity contribution in [1.29, 1.82) is 0 Å². The standard InChI is InChI=1S/C23H23NO3/c24-22(23(25)26)15-19-10-12-21(13-11-19)27-16-20-8-6-18(7-9-20)14-17-4-2-1-3-5-17/h1-13,22H,14-16,24H2,(H,25,26)/t22-/m0/s1. The molecule has 0 aliphatic carbocycles. The summed E-state index contributed by atoms with van der Waals surface area (Å²) in [5.41, 5.74) is 10.1. The summed E-state index contributed by atoms with van der Waals surface area (Å²) in [7, 11) is 0. The SMILES string of the molecule is N[C@@H](Cc1ccc(OCc2ccc(Cc3ccccc3)cc2)cc1)C(=O)O. The molecule has 0 amide bonds. The van der Waals surface area contributed by atoms with Crippen LogP contribution in [0.25, 0.3) is 0 Å². The van der Waals surface area contributed by atoms with Crippen LogP contribution in [0, 0.1) is 0 Å². The summed E-state index contributed by atoms with van der Waals surface area (Å²) in [6.45, 7) is 0.486. The van der Waals surface area contributed by atoms with Gasteiger partial charge in [-0.1, -0.05) is 66.7 Å².